The van der Waals surface area contributed by atoms with E-state index in [2.05, 4.69) is 5.32 Å². The number of aliphatic carboxylic acids is 1. The van der Waals surface area contributed by atoms with Gasteiger partial charge in [-0.2, -0.15) is 0 Å². The maximum atomic E-state index is 12.1. The van der Waals surface area contributed by atoms with E-state index in [1.807, 2.05) is 18.2 Å². The third-order valence-electron chi connectivity index (χ3n) is 4.67. The molecule has 0 saturated carbocycles. The van der Waals surface area contributed by atoms with Crippen molar-refractivity contribution >= 4 is 23.5 Å². The molecule has 134 valence electrons. The zero-order valence-corrected chi connectivity index (χ0v) is 14.0. The number of aryl methyl sites for hydroxylation is 1. The van der Waals surface area contributed by atoms with Crippen molar-refractivity contribution in [1.29, 1.82) is 0 Å². The number of hydrogen-bond donors (Lipinski definition) is 2. The van der Waals surface area contributed by atoms with Crippen LogP contribution in [0.4, 0.5) is 5.69 Å². The standard InChI is InChI=1S/C18H22N2O5/c21-16-6-3-12-10-14(4-5-15(12)19-16)25-9-1-2-17(22)20-8-7-13(11-20)18(23)24/h4-5,10,13H,1-3,6-9,11H2,(H,19,21)(H,23,24). The lowest BCUT2D eigenvalue weighted by Gasteiger charge is -2.18. The number of ether oxygens (including phenoxy) is 1. The molecule has 1 saturated heterocycles. The first-order valence-corrected chi connectivity index (χ1v) is 8.59. The Kier molecular flexibility index (Phi) is 5.21. The molecule has 2 aliphatic heterocycles. The summed E-state index contributed by atoms with van der Waals surface area (Å²) in [6.45, 7) is 1.26. The molecule has 2 aliphatic rings. The molecule has 7 heteroatoms. The van der Waals surface area contributed by atoms with Crippen molar-refractivity contribution in [3.05, 3.63) is 23.8 Å². The van der Waals surface area contributed by atoms with E-state index in [1.165, 1.54) is 0 Å². The summed E-state index contributed by atoms with van der Waals surface area (Å²) in [6.07, 6.45) is 2.66. The molecule has 25 heavy (non-hydrogen) atoms. The lowest BCUT2D eigenvalue weighted by atomic mass is 10.0. The monoisotopic (exact) mass is 346 g/mol. The molecule has 1 aromatic rings. The van der Waals surface area contributed by atoms with Crippen LogP contribution in [0, 0.1) is 5.92 Å². The van der Waals surface area contributed by atoms with Crippen LogP contribution in [0.3, 0.4) is 0 Å². The normalized spacial score (nSPS) is 19.3. The van der Waals surface area contributed by atoms with Crippen LogP contribution in [-0.4, -0.2) is 47.5 Å². The van der Waals surface area contributed by atoms with Gasteiger partial charge in [0.15, 0.2) is 0 Å². The van der Waals surface area contributed by atoms with Gasteiger partial charge in [-0.25, -0.2) is 0 Å². The van der Waals surface area contributed by atoms with E-state index in [1.54, 1.807) is 4.90 Å². The fourth-order valence-corrected chi connectivity index (χ4v) is 3.21. The number of anilines is 1. The molecule has 1 unspecified atom stereocenters. The maximum absolute atomic E-state index is 12.1. The number of hydrogen-bond acceptors (Lipinski definition) is 4. The van der Waals surface area contributed by atoms with Crippen molar-refractivity contribution in [3.8, 4) is 5.75 Å². The van der Waals surface area contributed by atoms with Gasteiger partial charge in [0.2, 0.25) is 11.8 Å². The molecule has 3 rings (SSSR count). The number of benzene rings is 1. The zero-order chi connectivity index (χ0) is 17.8. The lowest BCUT2D eigenvalue weighted by molar-refractivity contribution is -0.141. The van der Waals surface area contributed by atoms with Gasteiger partial charge in [0.1, 0.15) is 5.75 Å². The van der Waals surface area contributed by atoms with Crippen LogP contribution >= 0.6 is 0 Å². The number of nitrogens with one attached hydrogen (secondary N) is 1. The minimum absolute atomic E-state index is 0.0134. The molecular formula is C18H22N2O5. The number of likely N-dealkylation sites (tertiary alicyclic amines) is 1. The summed E-state index contributed by atoms with van der Waals surface area (Å²) in [7, 11) is 0. The molecule has 1 atom stereocenters. The van der Waals surface area contributed by atoms with Crippen molar-refractivity contribution in [2.75, 3.05) is 25.0 Å². The highest BCUT2D eigenvalue weighted by Gasteiger charge is 2.30. The smallest absolute Gasteiger partial charge is 0.308 e. The second-order valence-electron chi connectivity index (χ2n) is 6.48. The van der Waals surface area contributed by atoms with Crippen LogP contribution in [-0.2, 0) is 20.8 Å². The van der Waals surface area contributed by atoms with Crippen LogP contribution in [0.2, 0.25) is 0 Å². The Morgan fingerprint density at radius 1 is 1.32 bits per heavy atom. The second kappa shape index (κ2) is 7.55. The van der Waals surface area contributed by atoms with E-state index in [0.717, 1.165) is 17.0 Å². The van der Waals surface area contributed by atoms with E-state index in [9.17, 15) is 14.4 Å². The van der Waals surface area contributed by atoms with Crippen LogP contribution in [0.15, 0.2) is 18.2 Å². The van der Waals surface area contributed by atoms with E-state index < -0.39 is 11.9 Å². The first kappa shape index (κ1) is 17.3. The van der Waals surface area contributed by atoms with Crippen LogP contribution < -0.4 is 10.1 Å². The summed E-state index contributed by atoms with van der Waals surface area (Å²) < 4.78 is 5.69. The lowest BCUT2D eigenvalue weighted by Crippen LogP contribution is -2.30. The first-order chi connectivity index (χ1) is 12.0. The Morgan fingerprint density at radius 3 is 2.92 bits per heavy atom. The van der Waals surface area contributed by atoms with Gasteiger partial charge in [-0.15, -0.1) is 0 Å². The van der Waals surface area contributed by atoms with Crippen LogP contribution in [0.1, 0.15) is 31.2 Å². The number of carbonyl (C=O) groups excluding carboxylic acids is 2. The van der Waals surface area contributed by atoms with Crippen molar-refractivity contribution < 1.29 is 24.2 Å². The van der Waals surface area contributed by atoms with E-state index in [0.29, 0.717) is 51.8 Å². The Bertz CT molecular complexity index is 688. The third-order valence-corrected chi connectivity index (χ3v) is 4.67. The SMILES string of the molecule is O=C1CCc2cc(OCCCC(=O)N3CCC(C(=O)O)C3)ccc2N1. The molecule has 1 fully saturated rings. The van der Waals surface area contributed by atoms with Gasteiger partial charge < -0.3 is 20.1 Å². The van der Waals surface area contributed by atoms with E-state index in [4.69, 9.17) is 9.84 Å². The molecular weight excluding hydrogens is 324 g/mol. The van der Waals surface area contributed by atoms with Gasteiger partial charge in [-0.3, -0.25) is 14.4 Å². The van der Waals surface area contributed by atoms with Gasteiger partial charge in [0, 0.05) is 31.6 Å². The molecule has 0 radical (unpaired) electrons. The number of carboxylic acid groups (broad SMARTS) is 1. The van der Waals surface area contributed by atoms with Crippen LogP contribution in [0.25, 0.3) is 0 Å². The summed E-state index contributed by atoms with van der Waals surface area (Å²) in [5.74, 6) is -0.514. The molecule has 2 amide bonds. The van der Waals surface area contributed by atoms with Crippen molar-refractivity contribution in [2.45, 2.75) is 32.1 Å². The van der Waals surface area contributed by atoms with Crippen molar-refractivity contribution in [1.82, 2.24) is 4.90 Å². The largest absolute Gasteiger partial charge is 0.494 e. The highest BCUT2D eigenvalue weighted by molar-refractivity contribution is 5.94. The van der Waals surface area contributed by atoms with E-state index in [-0.39, 0.29) is 11.8 Å². The third kappa shape index (κ3) is 4.29. The summed E-state index contributed by atoms with van der Waals surface area (Å²) in [5.41, 5.74) is 1.89. The average molecular weight is 346 g/mol. The Balaban J connectivity index is 1.41. The van der Waals surface area contributed by atoms with E-state index >= 15 is 0 Å². The quantitative estimate of drug-likeness (QED) is 0.764. The number of fused-ring (bicyclic) bond motifs is 1. The van der Waals surface area contributed by atoms with Gasteiger partial charge in [-0.05, 0) is 43.0 Å². The minimum atomic E-state index is -0.831. The molecule has 1 aromatic carbocycles. The van der Waals surface area contributed by atoms with Gasteiger partial charge in [0.05, 0.1) is 12.5 Å². The van der Waals surface area contributed by atoms with Gasteiger partial charge >= 0.3 is 5.97 Å². The Hall–Kier alpha value is -2.57. The minimum Gasteiger partial charge on any atom is -0.494 e. The number of carboxylic acids is 1. The number of amides is 2. The number of nitrogens with zero attached hydrogens (tertiary/aromatic N) is 1. The summed E-state index contributed by atoms with van der Waals surface area (Å²) in [4.78, 5) is 36.0. The number of rotatable bonds is 6. The number of carbonyl (C=O) groups is 3. The molecule has 0 spiro atoms. The molecule has 7 nitrogen and oxygen atoms in total. The highest BCUT2D eigenvalue weighted by Crippen LogP contribution is 2.27. The summed E-state index contributed by atoms with van der Waals surface area (Å²) in [6, 6.07) is 5.57. The Labute approximate surface area is 146 Å². The first-order valence-electron chi connectivity index (χ1n) is 8.59. The fourth-order valence-electron chi connectivity index (χ4n) is 3.21. The summed E-state index contributed by atoms with van der Waals surface area (Å²) in [5, 5.41) is 11.8. The predicted octanol–water partition coefficient (Wildman–Crippen LogP) is 1.66. The van der Waals surface area contributed by atoms with Gasteiger partial charge in [-0.1, -0.05) is 0 Å². The van der Waals surface area contributed by atoms with Crippen molar-refractivity contribution in [3.63, 3.8) is 0 Å². The predicted molar refractivity (Wildman–Crippen MR) is 90.4 cm³/mol. The fraction of sp³-hybridized carbons (Fsp3) is 0.500. The zero-order valence-electron chi connectivity index (χ0n) is 14.0. The molecule has 0 bridgehead atoms. The Morgan fingerprint density at radius 2 is 2.16 bits per heavy atom. The second-order valence-corrected chi connectivity index (χ2v) is 6.48. The maximum Gasteiger partial charge on any atom is 0.308 e. The molecule has 0 aromatic heterocycles. The van der Waals surface area contributed by atoms with Crippen molar-refractivity contribution in [2.24, 2.45) is 5.92 Å². The molecule has 0 aliphatic carbocycles. The highest BCUT2D eigenvalue weighted by atomic mass is 16.5. The average Bonchev–Trinajstić information content (AvgIpc) is 3.09. The topological polar surface area (TPSA) is 95.9 Å². The van der Waals surface area contributed by atoms with Crippen LogP contribution in [0.5, 0.6) is 5.75 Å². The van der Waals surface area contributed by atoms with Gasteiger partial charge in [0.25, 0.3) is 0 Å². The molecule has 2 heterocycles. The molecule has 2 N–H and O–H groups in total. The summed E-state index contributed by atoms with van der Waals surface area (Å²) >= 11 is 0.